The van der Waals surface area contributed by atoms with Crippen molar-refractivity contribution in [3.8, 4) is 0 Å². The minimum atomic E-state index is -0.591. The molecule has 3 aromatic rings. The van der Waals surface area contributed by atoms with Gasteiger partial charge in [-0.15, -0.1) is 11.3 Å². The largest absolute Gasteiger partial charge is 0.459 e. The zero-order chi connectivity index (χ0) is 20.6. The lowest BCUT2D eigenvalue weighted by atomic mass is 9.83. The number of carbonyl (C=O) groups excluding carboxylic acids is 1. The number of nitrogens with zero attached hydrogens (tertiary/aromatic N) is 3. The van der Waals surface area contributed by atoms with Gasteiger partial charge in [-0.3, -0.25) is 18.7 Å². The Morgan fingerprint density at radius 1 is 1.17 bits per heavy atom. The lowest BCUT2D eigenvalue weighted by Crippen LogP contribution is -2.39. The molecule has 2 heterocycles. The maximum absolute atomic E-state index is 13.1. The summed E-state index contributed by atoms with van der Waals surface area (Å²) in [6.07, 6.45) is 4.03. The molecule has 152 valence electrons. The van der Waals surface area contributed by atoms with Gasteiger partial charge in [-0.2, -0.15) is 0 Å². The molecule has 0 amide bonds. The third-order valence-electron chi connectivity index (χ3n) is 5.80. The van der Waals surface area contributed by atoms with Gasteiger partial charge in [0.1, 0.15) is 6.61 Å². The summed E-state index contributed by atoms with van der Waals surface area (Å²) in [4.78, 5) is 41.8. The van der Waals surface area contributed by atoms with Crippen LogP contribution in [0.5, 0.6) is 0 Å². The monoisotopic (exact) mass is 413 g/mol. The summed E-state index contributed by atoms with van der Waals surface area (Å²) in [6.45, 7) is -0.0950. The van der Waals surface area contributed by atoms with E-state index in [0.29, 0.717) is 12.1 Å². The molecule has 0 bridgehead atoms. The van der Waals surface area contributed by atoms with Crippen LogP contribution in [0.25, 0.3) is 10.2 Å². The van der Waals surface area contributed by atoms with E-state index in [1.165, 1.54) is 17.7 Å². The van der Waals surface area contributed by atoms with Crippen LogP contribution in [-0.2, 0) is 36.7 Å². The smallest absolute Gasteiger partial charge is 0.330 e. The average molecular weight is 413 g/mol. The second kappa shape index (κ2) is 7.59. The average Bonchev–Trinajstić information content (AvgIpc) is 3.35. The highest BCUT2D eigenvalue weighted by Gasteiger charge is 2.43. The zero-order valence-electron chi connectivity index (χ0n) is 16.5. The third kappa shape index (κ3) is 3.64. The fourth-order valence-electron chi connectivity index (χ4n) is 4.00. The van der Waals surface area contributed by atoms with Crippen molar-refractivity contribution in [1.29, 1.82) is 0 Å². The van der Waals surface area contributed by atoms with Gasteiger partial charge in [-0.05, 0) is 25.0 Å². The summed E-state index contributed by atoms with van der Waals surface area (Å²) >= 11 is 1.61. The number of carbonyl (C=O) groups is 1. The summed E-state index contributed by atoms with van der Waals surface area (Å²) < 4.78 is 9.09. The Kier molecular flexibility index (Phi) is 5.12. The van der Waals surface area contributed by atoms with E-state index >= 15 is 0 Å². The van der Waals surface area contributed by atoms with Gasteiger partial charge < -0.3 is 4.74 Å². The van der Waals surface area contributed by atoms with E-state index < -0.39 is 16.7 Å². The van der Waals surface area contributed by atoms with Gasteiger partial charge in [0.2, 0.25) is 0 Å². The molecule has 1 aliphatic carbocycles. The van der Waals surface area contributed by atoms with Crippen LogP contribution in [0.15, 0.2) is 39.9 Å². The van der Waals surface area contributed by atoms with Crippen LogP contribution in [0, 0.1) is 5.41 Å². The van der Waals surface area contributed by atoms with Gasteiger partial charge in [0.15, 0.2) is 0 Å². The van der Waals surface area contributed by atoms with Gasteiger partial charge in [-0.1, -0.05) is 25.0 Å². The van der Waals surface area contributed by atoms with Crippen molar-refractivity contribution in [1.82, 2.24) is 14.1 Å². The molecule has 29 heavy (non-hydrogen) atoms. The normalized spacial score (nSPS) is 15.7. The Morgan fingerprint density at radius 3 is 2.62 bits per heavy atom. The molecule has 0 radical (unpaired) electrons. The first-order valence-electron chi connectivity index (χ1n) is 9.67. The Hall–Kier alpha value is -2.74. The quantitative estimate of drug-likeness (QED) is 0.600. The summed E-state index contributed by atoms with van der Waals surface area (Å²) in [6, 6.07) is 9.29. The highest BCUT2D eigenvalue weighted by atomic mass is 32.1. The van der Waals surface area contributed by atoms with Gasteiger partial charge in [0, 0.05) is 26.6 Å². The van der Waals surface area contributed by atoms with E-state index in [4.69, 9.17) is 9.72 Å². The van der Waals surface area contributed by atoms with E-state index in [9.17, 15) is 14.4 Å². The van der Waals surface area contributed by atoms with Gasteiger partial charge in [-0.25, -0.2) is 9.78 Å². The van der Waals surface area contributed by atoms with Crippen molar-refractivity contribution in [2.75, 3.05) is 0 Å². The number of aromatic nitrogens is 3. The third-order valence-corrected chi connectivity index (χ3v) is 6.83. The number of benzene rings is 1. The number of rotatable bonds is 5. The topological polar surface area (TPSA) is 83.2 Å². The molecule has 1 aromatic carbocycles. The first-order valence-corrected chi connectivity index (χ1v) is 10.5. The molecule has 2 aromatic heterocycles. The van der Waals surface area contributed by atoms with Crippen LogP contribution in [-0.4, -0.2) is 20.1 Å². The maximum Gasteiger partial charge on any atom is 0.330 e. The highest BCUT2D eigenvalue weighted by molar-refractivity contribution is 7.18. The van der Waals surface area contributed by atoms with Crippen LogP contribution in [0.3, 0.4) is 0 Å². The lowest BCUT2D eigenvalue weighted by molar-refractivity contribution is -0.157. The van der Waals surface area contributed by atoms with E-state index in [2.05, 4.69) is 0 Å². The SMILES string of the molecule is Cn1c(COC(=O)C2(Cc3nc4ccccc4s3)CCCC2)cc(=O)n(C)c1=O. The molecular formula is C21H23N3O4S. The summed E-state index contributed by atoms with van der Waals surface area (Å²) in [5.74, 6) is -0.276. The summed E-state index contributed by atoms with van der Waals surface area (Å²) in [5, 5.41) is 0.936. The Labute approximate surface area is 171 Å². The summed E-state index contributed by atoms with van der Waals surface area (Å²) in [5.41, 5.74) is -0.103. The lowest BCUT2D eigenvalue weighted by Gasteiger charge is -2.25. The molecule has 7 nitrogen and oxygen atoms in total. The molecule has 0 atom stereocenters. The molecular weight excluding hydrogens is 390 g/mol. The standard InChI is InChI=1S/C21H23N3O4S/c1-23-14(11-18(25)24(2)20(23)27)13-28-19(26)21(9-5-6-10-21)12-17-22-15-7-3-4-8-16(15)29-17/h3-4,7-8,11H,5-6,9-10,12-13H2,1-2H3. The minimum absolute atomic E-state index is 0.0950. The highest BCUT2D eigenvalue weighted by Crippen LogP contribution is 2.43. The van der Waals surface area contributed by atoms with Gasteiger partial charge in [0.05, 0.1) is 26.3 Å². The minimum Gasteiger partial charge on any atom is -0.459 e. The van der Waals surface area contributed by atoms with Crippen molar-refractivity contribution >= 4 is 27.5 Å². The van der Waals surface area contributed by atoms with Crippen molar-refractivity contribution in [3.05, 3.63) is 61.9 Å². The van der Waals surface area contributed by atoms with E-state index in [1.807, 2.05) is 24.3 Å². The molecule has 0 N–H and O–H groups in total. The first-order chi connectivity index (χ1) is 13.9. The van der Waals surface area contributed by atoms with Gasteiger partial charge >= 0.3 is 11.7 Å². The molecule has 0 spiro atoms. The number of esters is 1. The van der Waals surface area contributed by atoms with Crippen molar-refractivity contribution in [3.63, 3.8) is 0 Å². The van der Waals surface area contributed by atoms with Crippen molar-refractivity contribution in [2.45, 2.75) is 38.7 Å². The fraction of sp³-hybridized carbons (Fsp3) is 0.429. The Balaban J connectivity index is 1.55. The fourth-order valence-corrected chi connectivity index (χ4v) is 5.11. The van der Waals surface area contributed by atoms with E-state index in [-0.39, 0.29) is 12.6 Å². The molecule has 0 aliphatic heterocycles. The Morgan fingerprint density at radius 2 is 1.90 bits per heavy atom. The molecule has 0 unspecified atom stereocenters. The van der Waals surface area contributed by atoms with Crippen LogP contribution in [0.4, 0.5) is 0 Å². The number of thiazole rings is 1. The number of fused-ring (bicyclic) bond motifs is 1. The summed E-state index contributed by atoms with van der Waals surface area (Å²) in [7, 11) is 2.99. The van der Waals surface area contributed by atoms with Gasteiger partial charge in [0.25, 0.3) is 5.56 Å². The van der Waals surface area contributed by atoms with Crippen LogP contribution in [0.1, 0.15) is 36.4 Å². The molecule has 1 fully saturated rings. The molecule has 1 saturated carbocycles. The van der Waals surface area contributed by atoms with Crippen LogP contribution >= 0.6 is 11.3 Å². The first kappa shape index (κ1) is 19.6. The Bertz CT molecular complexity index is 1150. The van der Waals surface area contributed by atoms with E-state index in [0.717, 1.165) is 45.5 Å². The number of ether oxygens (including phenoxy) is 1. The second-order valence-corrected chi connectivity index (χ2v) is 8.81. The molecule has 0 saturated heterocycles. The molecule has 1 aliphatic rings. The van der Waals surface area contributed by atoms with Crippen molar-refractivity contribution < 1.29 is 9.53 Å². The number of para-hydroxylation sites is 1. The van der Waals surface area contributed by atoms with E-state index in [1.54, 1.807) is 18.4 Å². The second-order valence-electron chi connectivity index (χ2n) is 7.69. The molecule has 8 heteroatoms. The molecule has 4 rings (SSSR count). The van der Waals surface area contributed by atoms with Crippen LogP contribution in [0.2, 0.25) is 0 Å². The predicted octanol–water partition coefficient (Wildman–Crippen LogP) is 2.54. The van der Waals surface area contributed by atoms with Crippen molar-refractivity contribution in [2.24, 2.45) is 19.5 Å². The number of hydrogen-bond donors (Lipinski definition) is 0. The zero-order valence-corrected chi connectivity index (χ0v) is 17.3. The van der Waals surface area contributed by atoms with Crippen LogP contribution < -0.4 is 11.2 Å². The number of hydrogen-bond acceptors (Lipinski definition) is 6. The maximum atomic E-state index is 13.1. The predicted molar refractivity (Wildman–Crippen MR) is 111 cm³/mol.